The van der Waals surface area contributed by atoms with E-state index in [-0.39, 0.29) is 5.91 Å². The van der Waals surface area contributed by atoms with Gasteiger partial charge in [0, 0.05) is 10.5 Å². The summed E-state index contributed by atoms with van der Waals surface area (Å²) in [5.74, 6) is 1.25. The van der Waals surface area contributed by atoms with Gasteiger partial charge in [0.2, 0.25) is 5.91 Å². The van der Waals surface area contributed by atoms with Crippen molar-refractivity contribution in [2.24, 2.45) is 0 Å². The van der Waals surface area contributed by atoms with E-state index in [1.54, 1.807) is 6.07 Å². The Morgan fingerprint density at radius 2 is 1.74 bits per heavy atom. The monoisotopic (exact) mass is 377 g/mol. The van der Waals surface area contributed by atoms with Crippen molar-refractivity contribution in [3.63, 3.8) is 0 Å². The van der Waals surface area contributed by atoms with Crippen LogP contribution in [0.1, 0.15) is 19.4 Å². The van der Waals surface area contributed by atoms with Crippen molar-refractivity contribution in [3.05, 3.63) is 52.5 Å². The molecule has 0 heterocycles. The third-order valence-corrected chi connectivity index (χ3v) is 3.64. The number of anilines is 1. The van der Waals surface area contributed by atoms with E-state index in [4.69, 9.17) is 9.47 Å². The molecule has 2 aromatic carbocycles. The van der Waals surface area contributed by atoms with E-state index < -0.39 is 0 Å². The van der Waals surface area contributed by atoms with Crippen LogP contribution < -0.4 is 14.8 Å². The van der Waals surface area contributed by atoms with Gasteiger partial charge < -0.3 is 14.8 Å². The Balaban J connectivity index is 2.11. The first-order valence-corrected chi connectivity index (χ1v) is 8.35. The number of hydrogen-bond donors (Lipinski definition) is 1. The van der Waals surface area contributed by atoms with Crippen LogP contribution in [0.15, 0.2) is 46.9 Å². The van der Waals surface area contributed by atoms with Gasteiger partial charge in [-0.15, -0.1) is 0 Å². The molecule has 1 amide bonds. The number of carbonyl (C=O) groups is 1. The molecular formula is C18H20BrNO3. The van der Waals surface area contributed by atoms with Gasteiger partial charge in [-0.1, -0.05) is 28.1 Å². The van der Waals surface area contributed by atoms with Gasteiger partial charge in [-0.05, 0) is 43.7 Å². The first kappa shape index (κ1) is 17.3. The van der Waals surface area contributed by atoms with Crippen LogP contribution >= 0.6 is 15.9 Å². The minimum atomic E-state index is -0.0954. The SMILES string of the molecule is CCOc1ccc(OCC)c(NC(=O)Cc2ccc(Br)cc2)c1. The van der Waals surface area contributed by atoms with Gasteiger partial charge in [0.25, 0.3) is 0 Å². The number of amides is 1. The molecule has 23 heavy (non-hydrogen) atoms. The van der Waals surface area contributed by atoms with Crippen molar-refractivity contribution >= 4 is 27.5 Å². The summed E-state index contributed by atoms with van der Waals surface area (Å²) in [6.45, 7) is 4.93. The highest BCUT2D eigenvalue weighted by molar-refractivity contribution is 9.10. The van der Waals surface area contributed by atoms with E-state index in [1.165, 1.54) is 0 Å². The second-order valence-electron chi connectivity index (χ2n) is 4.88. The maximum atomic E-state index is 12.3. The number of hydrogen-bond acceptors (Lipinski definition) is 3. The minimum Gasteiger partial charge on any atom is -0.494 e. The smallest absolute Gasteiger partial charge is 0.228 e. The van der Waals surface area contributed by atoms with Crippen molar-refractivity contribution in [2.45, 2.75) is 20.3 Å². The zero-order valence-corrected chi connectivity index (χ0v) is 14.9. The van der Waals surface area contributed by atoms with Crippen molar-refractivity contribution < 1.29 is 14.3 Å². The Morgan fingerprint density at radius 3 is 2.39 bits per heavy atom. The summed E-state index contributed by atoms with van der Waals surface area (Å²) in [6.07, 6.45) is 0.303. The van der Waals surface area contributed by atoms with Crippen LogP contribution in [0.5, 0.6) is 11.5 Å². The number of carbonyl (C=O) groups excluding carboxylic acids is 1. The number of benzene rings is 2. The summed E-state index contributed by atoms with van der Waals surface area (Å²) in [7, 11) is 0. The maximum Gasteiger partial charge on any atom is 0.228 e. The fourth-order valence-corrected chi connectivity index (χ4v) is 2.39. The second-order valence-corrected chi connectivity index (χ2v) is 5.79. The molecule has 0 saturated carbocycles. The molecule has 0 fully saturated rings. The number of rotatable bonds is 7. The largest absolute Gasteiger partial charge is 0.494 e. The number of halogens is 1. The summed E-state index contributed by atoms with van der Waals surface area (Å²) >= 11 is 3.38. The first-order chi connectivity index (χ1) is 11.1. The normalized spacial score (nSPS) is 10.2. The second kappa shape index (κ2) is 8.58. The molecule has 5 heteroatoms. The average Bonchev–Trinajstić information content (AvgIpc) is 2.52. The van der Waals surface area contributed by atoms with Crippen molar-refractivity contribution in [1.82, 2.24) is 0 Å². The lowest BCUT2D eigenvalue weighted by Gasteiger charge is -2.13. The summed E-state index contributed by atoms with van der Waals surface area (Å²) in [5.41, 5.74) is 1.57. The Hall–Kier alpha value is -2.01. The van der Waals surface area contributed by atoms with E-state index in [2.05, 4.69) is 21.2 Å². The lowest BCUT2D eigenvalue weighted by molar-refractivity contribution is -0.115. The lowest BCUT2D eigenvalue weighted by Crippen LogP contribution is -2.15. The third kappa shape index (κ3) is 5.28. The molecule has 1 N–H and O–H groups in total. The fraction of sp³-hybridized carbons (Fsp3) is 0.278. The summed E-state index contributed by atoms with van der Waals surface area (Å²) in [5, 5.41) is 2.90. The van der Waals surface area contributed by atoms with Gasteiger partial charge in [0.15, 0.2) is 0 Å². The molecule has 0 aromatic heterocycles. The molecule has 0 aliphatic carbocycles. The molecule has 2 aromatic rings. The molecule has 0 saturated heterocycles. The zero-order chi connectivity index (χ0) is 16.7. The van der Waals surface area contributed by atoms with Crippen LogP contribution in [0.3, 0.4) is 0 Å². The van der Waals surface area contributed by atoms with Gasteiger partial charge in [0.1, 0.15) is 11.5 Å². The van der Waals surface area contributed by atoms with Crippen LogP contribution in [-0.4, -0.2) is 19.1 Å². The lowest BCUT2D eigenvalue weighted by atomic mass is 10.1. The molecule has 2 rings (SSSR count). The molecule has 0 aliphatic rings. The minimum absolute atomic E-state index is 0.0954. The van der Waals surface area contributed by atoms with E-state index in [1.807, 2.05) is 50.2 Å². The van der Waals surface area contributed by atoms with Crippen LogP contribution in [0, 0.1) is 0 Å². The summed E-state index contributed by atoms with van der Waals surface area (Å²) in [4.78, 5) is 12.3. The van der Waals surface area contributed by atoms with Crippen LogP contribution in [-0.2, 0) is 11.2 Å². The molecule has 0 bridgehead atoms. The van der Waals surface area contributed by atoms with Gasteiger partial charge in [-0.25, -0.2) is 0 Å². The number of ether oxygens (including phenoxy) is 2. The third-order valence-electron chi connectivity index (χ3n) is 3.11. The molecule has 0 atom stereocenters. The van der Waals surface area contributed by atoms with E-state index in [0.717, 1.165) is 10.0 Å². The molecule has 0 spiro atoms. The first-order valence-electron chi connectivity index (χ1n) is 7.56. The Morgan fingerprint density at radius 1 is 1.04 bits per heavy atom. The Bertz CT molecular complexity index is 656. The van der Waals surface area contributed by atoms with Crippen LogP contribution in [0.25, 0.3) is 0 Å². The summed E-state index contributed by atoms with van der Waals surface area (Å²) in [6, 6.07) is 13.1. The van der Waals surface area contributed by atoms with Crippen molar-refractivity contribution in [1.29, 1.82) is 0 Å². The number of nitrogens with one attached hydrogen (secondary N) is 1. The molecule has 4 nitrogen and oxygen atoms in total. The van der Waals surface area contributed by atoms with E-state index >= 15 is 0 Å². The standard InChI is InChI=1S/C18H20BrNO3/c1-3-22-15-9-10-17(23-4-2)16(12-15)20-18(21)11-13-5-7-14(19)8-6-13/h5-10,12H,3-4,11H2,1-2H3,(H,20,21). The molecule has 0 radical (unpaired) electrons. The van der Waals surface area contributed by atoms with Gasteiger partial charge in [-0.3, -0.25) is 4.79 Å². The fourth-order valence-electron chi connectivity index (χ4n) is 2.13. The van der Waals surface area contributed by atoms with E-state index in [9.17, 15) is 4.79 Å². The molecule has 0 aliphatic heterocycles. The zero-order valence-electron chi connectivity index (χ0n) is 13.3. The summed E-state index contributed by atoms with van der Waals surface area (Å²) < 4.78 is 12.0. The Kier molecular flexibility index (Phi) is 6.47. The predicted molar refractivity (Wildman–Crippen MR) is 95.3 cm³/mol. The highest BCUT2D eigenvalue weighted by atomic mass is 79.9. The van der Waals surface area contributed by atoms with Gasteiger partial charge >= 0.3 is 0 Å². The van der Waals surface area contributed by atoms with Crippen LogP contribution in [0.4, 0.5) is 5.69 Å². The molecule has 122 valence electrons. The van der Waals surface area contributed by atoms with Crippen LogP contribution in [0.2, 0.25) is 0 Å². The van der Waals surface area contributed by atoms with Gasteiger partial charge in [-0.2, -0.15) is 0 Å². The molecule has 0 unspecified atom stereocenters. The van der Waals surface area contributed by atoms with Crippen molar-refractivity contribution in [3.8, 4) is 11.5 Å². The molecular weight excluding hydrogens is 358 g/mol. The average molecular weight is 378 g/mol. The maximum absolute atomic E-state index is 12.3. The quantitative estimate of drug-likeness (QED) is 0.776. The van der Waals surface area contributed by atoms with Crippen molar-refractivity contribution in [2.75, 3.05) is 18.5 Å². The predicted octanol–water partition coefficient (Wildman–Crippen LogP) is 4.43. The van der Waals surface area contributed by atoms with Gasteiger partial charge in [0.05, 0.1) is 25.3 Å². The highest BCUT2D eigenvalue weighted by Gasteiger charge is 2.10. The van der Waals surface area contributed by atoms with E-state index in [0.29, 0.717) is 36.8 Å². The topological polar surface area (TPSA) is 47.6 Å². The Labute approximate surface area is 144 Å². The highest BCUT2D eigenvalue weighted by Crippen LogP contribution is 2.29.